The quantitative estimate of drug-likeness (QED) is 0.906. The summed E-state index contributed by atoms with van der Waals surface area (Å²) in [6.45, 7) is 4.87. The molecule has 0 aliphatic rings. The molecule has 0 aliphatic heterocycles. The smallest absolute Gasteiger partial charge is 0.180 e. The van der Waals surface area contributed by atoms with Crippen molar-refractivity contribution in [2.24, 2.45) is 0 Å². The van der Waals surface area contributed by atoms with Gasteiger partial charge < -0.3 is 5.32 Å². The zero-order chi connectivity index (χ0) is 11.4. The zero-order valence-corrected chi connectivity index (χ0v) is 10.7. The summed E-state index contributed by atoms with van der Waals surface area (Å²) in [5.74, 6) is 0.897. The molecule has 0 atom stereocenters. The lowest BCUT2D eigenvalue weighted by Crippen LogP contribution is -1.98. The van der Waals surface area contributed by atoms with Crippen LogP contribution in [0.4, 0.5) is 5.82 Å². The second kappa shape index (κ2) is 5.27. The van der Waals surface area contributed by atoms with Crippen LogP contribution in [0.25, 0.3) is 0 Å². The van der Waals surface area contributed by atoms with Crippen LogP contribution < -0.4 is 5.32 Å². The Morgan fingerprint density at radius 2 is 2.25 bits per heavy atom. The number of nitrogens with one attached hydrogen (secondary N) is 1. The predicted molar refractivity (Wildman–Crippen MR) is 67.2 cm³/mol. The van der Waals surface area contributed by atoms with Crippen LogP contribution in [0.2, 0.25) is 0 Å². The summed E-state index contributed by atoms with van der Waals surface area (Å²) in [6, 6.07) is 5.92. The standard InChI is InChI=1S/C10H12N4S2/c1-3-11-8-5-4-6-9(12-8)16-10-14-13-7(2)15-10/h4-6H,3H2,1-2H3,(H,11,12). The first-order valence-corrected chi connectivity index (χ1v) is 6.60. The van der Waals surface area contributed by atoms with E-state index in [2.05, 4.69) is 27.4 Å². The molecule has 84 valence electrons. The molecule has 0 saturated heterocycles. The number of nitrogens with zero attached hydrogens (tertiary/aromatic N) is 3. The van der Waals surface area contributed by atoms with Crippen molar-refractivity contribution < 1.29 is 0 Å². The van der Waals surface area contributed by atoms with E-state index in [1.54, 1.807) is 23.1 Å². The molecule has 1 N–H and O–H groups in total. The number of aryl methyl sites for hydroxylation is 1. The maximum Gasteiger partial charge on any atom is 0.180 e. The van der Waals surface area contributed by atoms with Crippen LogP contribution in [0, 0.1) is 6.92 Å². The second-order valence-electron chi connectivity index (χ2n) is 3.08. The number of hydrogen-bond donors (Lipinski definition) is 1. The molecule has 6 heteroatoms. The minimum Gasteiger partial charge on any atom is -0.370 e. The first kappa shape index (κ1) is 11.3. The fourth-order valence-electron chi connectivity index (χ4n) is 1.16. The van der Waals surface area contributed by atoms with Crippen molar-refractivity contribution in [2.75, 3.05) is 11.9 Å². The second-order valence-corrected chi connectivity index (χ2v) is 5.53. The van der Waals surface area contributed by atoms with Crippen LogP contribution >= 0.6 is 23.1 Å². The SMILES string of the molecule is CCNc1cccc(Sc2nnc(C)s2)n1. The van der Waals surface area contributed by atoms with E-state index in [1.165, 1.54) is 0 Å². The molecule has 4 nitrogen and oxygen atoms in total. The Morgan fingerprint density at radius 3 is 2.94 bits per heavy atom. The van der Waals surface area contributed by atoms with Crippen LogP contribution in [-0.4, -0.2) is 21.7 Å². The molecule has 0 aliphatic carbocycles. The first-order valence-electron chi connectivity index (χ1n) is 4.97. The molecular weight excluding hydrogens is 240 g/mol. The summed E-state index contributed by atoms with van der Waals surface area (Å²) in [5.41, 5.74) is 0. The van der Waals surface area contributed by atoms with Gasteiger partial charge in [0.05, 0.1) is 0 Å². The number of aromatic nitrogens is 3. The summed E-state index contributed by atoms with van der Waals surface area (Å²) in [5, 5.41) is 13.1. The molecule has 0 bridgehead atoms. The molecular formula is C10H12N4S2. The van der Waals surface area contributed by atoms with E-state index in [9.17, 15) is 0 Å². The van der Waals surface area contributed by atoms with Gasteiger partial charge in [-0.1, -0.05) is 17.4 Å². The van der Waals surface area contributed by atoms with Crippen molar-refractivity contribution in [2.45, 2.75) is 23.2 Å². The summed E-state index contributed by atoms with van der Waals surface area (Å²) < 4.78 is 0.929. The molecule has 0 saturated carbocycles. The zero-order valence-electron chi connectivity index (χ0n) is 9.10. The predicted octanol–water partition coefficient (Wildman–Crippen LogP) is 2.82. The van der Waals surface area contributed by atoms with Gasteiger partial charge in [0.25, 0.3) is 0 Å². The molecule has 2 rings (SSSR count). The Balaban J connectivity index is 2.12. The van der Waals surface area contributed by atoms with Crippen LogP contribution in [0.1, 0.15) is 11.9 Å². The van der Waals surface area contributed by atoms with E-state index < -0.39 is 0 Å². The van der Waals surface area contributed by atoms with Crippen LogP contribution in [-0.2, 0) is 0 Å². The van der Waals surface area contributed by atoms with E-state index in [1.807, 2.05) is 25.1 Å². The lowest BCUT2D eigenvalue weighted by Gasteiger charge is -2.03. The highest BCUT2D eigenvalue weighted by atomic mass is 32.2. The third kappa shape index (κ3) is 2.93. The van der Waals surface area contributed by atoms with Gasteiger partial charge in [-0.25, -0.2) is 4.98 Å². The van der Waals surface area contributed by atoms with Gasteiger partial charge in [0.1, 0.15) is 15.9 Å². The minimum atomic E-state index is 0.874. The van der Waals surface area contributed by atoms with Crippen molar-refractivity contribution in [1.82, 2.24) is 15.2 Å². The van der Waals surface area contributed by atoms with Crippen molar-refractivity contribution in [3.05, 3.63) is 23.2 Å². The molecule has 0 fully saturated rings. The normalized spacial score (nSPS) is 10.4. The van der Waals surface area contributed by atoms with Crippen LogP contribution in [0.3, 0.4) is 0 Å². The fraction of sp³-hybridized carbons (Fsp3) is 0.300. The van der Waals surface area contributed by atoms with Crippen molar-refractivity contribution in [1.29, 1.82) is 0 Å². The maximum atomic E-state index is 4.46. The van der Waals surface area contributed by atoms with Crippen molar-refractivity contribution >= 4 is 28.9 Å². The Kier molecular flexibility index (Phi) is 3.74. The van der Waals surface area contributed by atoms with Gasteiger partial charge in [-0.15, -0.1) is 10.2 Å². The molecule has 0 spiro atoms. The van der Waals surface area contributed by atoms with E-state index in [0.29, 0.717) is 0 Å². The highest BCUT2D eigenvalue weighted by molar-refractivity contribution is 8.01. The first-order chi connectivity index (χ1) is 7.78. The summed E-state index contributed by atoms with van der Waals surface area (Å²) in [6.07, 6.45) is 0. The average Bonchev–Trinajstić information content (AvgIpc) is 2.65. The van der Waals surface area contributed by atoms with Gasteiger partial charge >= 0.3 is 0 Å². The van der Waals surface area contributed by atoms with Gasteiger partial charge in [-0.3, -0.25) is 0 Å². The molecule has 2 heterocycles. The molecule has 0 aromatic carbocycles. The molecule has 16 heavy (non-hydrogen) atoms. The van der Waals surface area contributed by atoms with Gasteiger partial charge in [-0.05, 0) is 37.7 Å². The number of pyridine rings is 1. The van der Waals surface area contributed by atoms with Crippen molar-refractivity contribution in [3.8, 4) is 0 Å². The Bertz CT molecular complexity index is 469. The van der Waals surface area contributed by atoms with Gasteiger partial charge in [-0.2, -0.15) is 0 Å². The van der Waals surface area contributed by atoms with Gasteiger partial charge in [0.2, 0.25) is 0 Å². The minimum absolute atomic E-state index is 0.874. The third-order valence-electron chi connectivity index (χ3n) is 1.78. The number of rotatable bonds is 4. The molecule has 0 unspecified atom stereocenters. The highest BCUT2D eigenvalue weighted by Crippen LogP contribution is 2.28. The Labute approximate surface area is 103 Å². The van der Waals surface area contributed by atoms with E-state index in [0.717, 1.165) is 26.7 Å². The number of anilines is 1. The fourth-order valence-corrected chi connectivity index (χ4v) is 2.91. The third-order valence-corrected chi connectivity index (χ3v) is 3.61. The van der Waals surface area contributed by atoms with Gasteiger partial charge in [0, 0.05) is 6.54 Å². The van der Waals surface area contributed by atoms with Gasteiger partial charge in [0.15, 0.2) is 4.34 Å². The summed E-state index contributed by atoms with van der Waals surface area (Å²) in [7, 11) is 0. The van der Waals surface area contributed by atoms with E-state index >= 15 is 0 Å². The highest BCUT2D eigenvalue weighted by Gasteiger charge is 2.04. The molecule has 0 radical (unpaired) electrons. The maximum absolute atomic E-state index is 4.46. The van der Waals surface area contributed by atoms with Crippen LogP contribution in [0.15, 0.2) is 27.6 Å². The van der Waals surface area contributed by atoms with Crippen LogP contribution in [0.5, 0.6) is 0 Å². The summed E-state index contributed by atoms with van der Waals surface area (Å²) >= 11 is 3.12. The van der Waals surface area contributed by atoms with Crippen molar-refractivity contribution in [3.63, 3.8) is 0 Å². The molecule has 0 amide bonds. The lowest BCUT2D eigenvalue weighted by molar-refractivity contribution is 0.980. The van der Waals surface area contributed by atoms with E-state index in [4.69, 9.17) is 0 Å². The molecule has 2 aromatic heterocycles. The topological polar surface area (TPSA) is 50.7 Å². The Hall–Kier alpha value is -1.14. The largest absolute Gasteiger partial charge is 0.370 e. The lowest BCUT2D eigenvalue weighted by atomic mass is 10.4. The number of hydrogen-bond acceptors (Lipinski definition) is 6. The average molecular weight is 252 g/mol. The monoisotopic (exact) mass is 252 g/mol. The Morgan fingerprint density at radius 1 is 1.38 bits per heavy atom. The molecule has 2 aromatic rings. The van der Waals surface area contributed by atoms with E-state index in [-0.39, 0.29) is 0 Å². The summed E-state index contributed by atoms with van der Waals surface area (Å²) in [4.78, 5) is 4.46.